The third-order valence-corrected chi connectivity index (χ3v) is 3.41. The van der Waals surface area contributed by atoms with Gasteiger partial charge in [0, 0.05) is 18.1 Å². The van der Waals surface area contributed by atoms with E-state index in [2.05, 4.69) is 10.6 Å². The first kappa shape index (κ1) is 17.8. The summed E-state index contributed by atoms with van der Waals surface area (Å²) in [5.74, 6) is 0.251. The van der Waals surface area contributed by atoms with E-state index in [0.717, 1.165) is 5.56 Å². The number of halogens is 1. The van der Waals surface area contributed by atoms with Crippen LogP contribution in [0.5, 0.6) is 5.75 Å². The topological polar surface area (TPSA) is 67.4 Å². The lowest BCUT2D eigenvalue weighted by atomic mass is 10.1. The van der Waals surface area contributed by atoms with E-state index >= 15 is 0 Å². The number of hydrogen-bond donors (Lipinski definition) is 2. The Labute approximate surface area is 146 Å². The number of amides is 2. The third-order valence-electron chi connectivity index (χ3n) is 3.16. The molecule has 5 nitrogen and oxygen atoms in total. The highest BCUT2D eigenvalue weighted by molar-refractivity contribution is 6.30. The fourth-order valence-corrected chi connectivity index (χ4v) is 2.10. The molecule has 2 aromatic carbocycles. The fraction of sp³-hybridized carbons (Fsp3) is 0.222. The zero-order chi connectivity index (χ0) is 17.2. The van der Waals surface area contributed by atoms with Crippen molar-refractivity contribution in [1.29, 1.82) is 0 Å². The Morgan fingerprint density at radius 3 is 2.17 bits per heavy atom. The first-order valence-electron chi connectivity index (χ1n) is 7.59. The average molecular weight is 347 g/mol. The van der Waals surface area contributed by atoms with E-state index in [1.54, 1.807) is 24.3 Å². The van der Waals surface area contributed by atoms with Gasteiger partial charge in [-0.05, 0) is 29.8 Å². The van der Waals surface area contributed by atoms with Crippen molar-refractivity contribution in [3.8, 4) is 5.75 Å². The first-order chi connectivity index (χ1) is 11.6. The van der Waals surface area contributed by atoms with Crippen LogP contribution in [0.15, 0.2) is 54.6 Å². The van der Waals surface area contributed by atoms with Crippen LogP contribution in [0.25, 0.3) is 0 Å². The summed E-state index contributed by atoms with van der Waals surface area (Å²) in [5, 5.41) is 6.05. The van der Waals surface area contributed by atoms with Gasteiger partial charge in [-0.15, -0.1) is 0 Å². The van der Waals surface area contributed by atoms with Crippen molar-refractivity contribution < 1.29 is 14.3 Å². The van der Waals surface area contributed by atoms with Crippen LogP contribution in [0.2, 0.25) is 5.02 Å². The smallest absolute Gasteiger partial charge is 0.258 e. The summed E-state index contributed by atoms with van der Waals surface area (Å²) in [6.07, 6.45) is 0.328. The number of carbonyl (C=O) groups excluding carboxylic acids is 2. The largest absolute Gasteiger partial charge is 0.484 e. The van der Waals surface area contributed by atoms with Gasteiger partial charge in [0.25, 0.3) is 5.91 Å². The molecule has 2 rings (SSSR count). The van der Waals surface area contributed by atoms with Crippen LogP contribution in [0.4, 0.5) is 0 Å². The van der Waals surface area contributed by atoms with Gasteiger partial charge in [-0.3, -0.25) is 9.59 Å². The molecule has 2 amide bonds. The molecule has 0 heterocycles. The van der Waals surface area contributed by atoms with E-state index in [4.69, 9.17) is 16.3 Å². The Balaban J connectivity index is 1.57. The molecule has 0 radical (unpaired) electrons. The van der Waals surface area contributed by atoms with E-state index < -0.39 is 0 Å². The maximum absolute atomic E-state index is 11.7. The van der Waals surface area contributed by atoms with Gasteiger partial charge in [0.15, 0.2) is 6.61 Å². The molecule has 0 spiro atoms. The molecule has 0 fully saturated rings. The molecule has 126 valence electrons. The second kappa shape index (κ2) is 9.57. The van der Waals surface area contributed by atoms with Crippen molar-refractivity contribution in [2.45, 2.75) is 6.42 Å². The SMILES string of the molecule is O=C(COc1ccc(Cl)cc1)NCCNC(=O)Cc1ccccc1. The maximum atomic E-state index is 11.7. The molecular weight excluding hydrogens is 328 g/mol. The highest BCUT2D eigenvalue weighted by atomic mass is 35.5. The summed E-state index contributed by atoms with van der Waals surface area (Å²) in [7, 11) is 0. The minimum atomic E-state index is -0.248. The fourth-order valence-electron chi connectivity index (χ4n) is 1.98. The summed E-state index contributed by atoms with van der Waals surface area (Å²) in [4.78, 5) is 23.4. The lowest BCUT2D eigenvalue weighted by Crippen LogP contribution is -2.37. The summed E-state index contributed by atoms with van der Waals surface area (Å²) in [6.45, 7) is 0.640. The van der Waals surface area contributed by atoms with Crippen molar-refractivity contribution in [2.24, 2.45) is 0 Å². The summed E-state index contributed by atoms with van der Waals surface area (Å²) < 4.78 is 5.32. The molecule has 6 heteroatoms. The monoisotopic (exact) mass is 346 g/mol. The van der Waals surface area contributed by atoms with Crippen molar-refractivity contribution in [3.05, 3.63) is 65.2 Å². The zero-order valence-electron chi connectivity index (χ0n) is 13.1. The number of nitrogens with one attached hydrogen (secondary N) is 2. The third kappa shape index (κ3) is 6.71. The van der Waals surface area contributed by atoms with Gasteiger partial charge in [0.05, 0.1) is 6.42 Å². The second-order valence-corrected chi connectivity index (χ2v) is 5.54. The molecule has 0 saturated carbocycles. The van der Waals surface area contributed by atoms with Crippen molar-refractivity contribution in [3.63, 3.8) is 0 Å². The van der Waals surface area contributed by atoms with Crippen molar-refractivity contribution in [2.75, 3.05) is 19.7 Å². The van der Waals surface area contributed by atoms with Crippen molar-refractivity contribution in [1.82, 2.24) is 10.6 Å². The van der Waals surface area contributed by atoms with Crippen LogP contribution in [0.1, 0.15) is 5.56 Å². The number of ether oxygens (including phenoxy) is 1. The molecule has 2 N–H and O–H groups in total. The number of benzene rings is 2. The standard InChI is InChI=1S/C18H19ClN2O3/c19-15-6-8-16(9-7-15)24-13-18(23)21-11-10-20-17(22)12-14-4-2-1-3-5-14/h1-9H,10-13H2,(H,20,22)(H,21,23). The van der Waals surface area contributed by atoms with Crippen LogP contribution in [-0.2, 0) is 16.0 Å². The molecule has 0 unspecified atom stereocenters. The molecule has 0 saturated heterocycles. The predicted octanol–water partition coefficient (Wildman–Crippen LogP) is 2.19. The van der Waals surface area contributed by atoms with E-state index in [0.29, 0.717) is 30.3 Å². The lowest BCUT2D eigenvalue weighted by Gasteiger charge is -2.08. The molecule has 2 aromatic rings. The van der Waals surface area contributed by atoms with Crippen LogP contribution in [-0.4, -0.2) is 31.5 Å². The summed E-state index contributed by atoms with van der Waals surface area (Å²) >= 11 is 5.77. The van der Waals surface area contributed by atoms with Crippen LogP contribution in [0.3, 0.4) is 0 Å². The van der Waals surface area contributed by atoms with Gasteiger partial charge in [-0.25, -0.2) is 0 Å². The molecule has 24 heavy (non-hydrogen) atoms. The lowest BCUT2D eigenvalue weighted by molar-refractivity contribution is -0.124. The number of carbonyl (C=O) groups is 2. The molecule has 0 bridgehead atoms. The number of hydrogen-bond acceptors (Lipinski definition) is 3. The predicted molar refractivity (Wildman–Crippen MR) is 93.1 cm³/mol. The highest BCUT2D eigenvalue weighted by Gasteiger charge is 2.04. The molecule has 0 aliphatic rings. The Morgan fingerprint density at radius 2 is 1.50 bits per heavy atom. The Morgan fingerprint density at radius 1 is 0.875 bits per heavy atom. The van der Waals surface area contributed by atoms with Gasteiger partial charge >= 0.3 is 0 Å². The van der Waals surface area contributed by atoms with E-state index in [1.807, 2.05) is 30.3 Å². The quantitative estimate of drug-likeness (QED) is 0.720. The Bertz CT molecular complexity index is 660. The zero-order valence-corrected chi connectivity index (χ0v) is 13.9. The summed E-state index contributed by atoms with van der Waals surface area (Å²) in [6, 6.07) is 16.3. The average Bonchev–Trinajstić information content (AvgIpc) is 2.59. The highest BCUT2D eigenvalue weighted by Crippen LogP contribution is 2.15. The van der Waals surface area contributed by atoms with E-state index in [9.17, 15) is 9.59 Å². The molecule has 0 aliphatic heterocycles. The molecule has 0 aliphatic carbocycles. The van der Waals surface area contributed by atoms with Crippen molar-refractivity contribution >= 4 is 23.4 Å². The maximum Gasteiger partial charge on any atom is 0.258 e. The van der Waals surface area contributed by atoms with E-state index in [1.165, 1.54) is 0 Å². The Hall–Kier alpha value is -2.53. The van der Waals surface area contributed by atoms with Gasteiger partial charge in [-0.1, -0.05) is 41.9 Å². The molecule has 0 aromatic heterocycles. The summed E-state index contributed by atoms with van der Waals surface area (Å²) in [5.41, 5.74) is 0.954. The van der Waals surface area contributed by atoms with Crippen LogP contribution in [0, 0.1) is 0 Å². The number of rotatable bonds is 8. The first-order valence-corrected chi connectivity index (χ1v) is 7.97. The minimum Gasteiger partial charge on any atom is -0.484 e. The van der Waals surface area contributed by atoms with Gasteiger partial charge < -0.3 is 15.4 Å². The van der Waals surface area contributed by atoms with Crippen LogP contribution >= 0.6 is 11.6 Å². The Kier molecular flexibility index (Phi) is 7.11. The second-order valence-electron chi connectivity index (χ2n) is 5.10. The minimum absolute atomic E-state index is 0.0761. The van der Waals surface area contributed by atoms with E-state index in [-0.39, 0.29) is 18.4 Å². The molecular formula is C18H19ClN2O3. The van der Waals surface area contributed by atoms with Gasteiger partial charge in [0.1, 0.15) is 5.75 Å². The van der Waals surface area contributed by atoms with Crippen LogP contribution < -0.4 is 15.4 Å². The van der Waals surface area contributed by atoms with Gasteiger partial charge in [-0.2, -0.15) is 0 Å². The molecule has 0 atom stereocenters. The van der Waals surface area contributed by atoms with Gasteiger partial charge in [0.2, 0.25) is 5.91 Å². The normalized spacial score (nSPS) is 10.0.